The number of fused-ring (bicyclic) bond motifs is 3. The number of aromatic nitrogens is 1. The van der Waals surface area contributed by atoms with Crippen molar-refractivity contribution in [1.82, 2.24) is 19.3 Å². The summed E-state index contributed by atoms with van der Waals surface area (Å²) < 4.78 is 2.24. The van der Waals surface area contributed by atoms with E-state index in [4.69, 9.17) is 0 Å². The van der Waals surface area contributed by atoms with Crippen molar-refractivity contribution in [3.8, 4) is 0 Å². The fourth-order valence-corrected chi connectivity index (χ4v) is 4.23. The van der Waals surface area contributed by atoms with Gasteiger partial charge >= 0.3 is 0 Å². The Morgan fingerprint density at radius 1 is 0.897 bits per heavy atom. The molecule has 6 nitrogen and oxygen atoms in total. The van der Waals surface area contributed by atoms with E-state index >= 15 is 0 Å². The van der Waals surface area contributed by atoms with Gasteiger partial charge in [0, 0.05) is 68.6 Å². The Bertz CT molecular complexity index is 936. The van der Waals surface area contributed by atoms with E-state index in [1.807, 2.05) is 0 Å². The molecule has 0 spiro atoms. The molecule has 154 valence electrons. The highest BCUT2D eigenvalue weighted by Gasteiger charge is 2.22. The first kappa shape index (κ1) is 19.9. The Balaban J connectivity index is 1.40. The van der Waals surface area contributed by atoms with E-state index < -0.39 is 6.10 Å². The molecule has 1 aromatic heterocycles. The van der Waals surface area contributed by atoms with Crippen molar-refractivity contribution in [3.05, 3.63) is 48.5 Å². The van der Waals surface area contributed by atoms with Gasteiger partial charge in [-0.2, -0.15) is 0 Å². The minimum Gasteiger partial charge on any atom is -0.390 e. The number of aliphatic hydroxyl groups is 1. The van der Waals surface area contributed by atoms with Crippen LogP contribution in [-0.4, -0.2) is 89.7 Å². The van der Waals surface area contributed by atoms with Crippen LogP contribution in [0.3, 0.4) is 0 Å². The first-order chi connectivity index (χ1) is 14.0. The van der Waals surface area contributed by atoms with Crippen LogP contribution in [0.25, 0.3) is 21.8 Å². The second-order valence-electron chi connectivity index (χ2n) is 8.16. The number of likely N-dealkylation sites (N-methyl/N-ethyl adjacent to an activating group) is 1. The largest absolute Gasteiger partial charge is 0.390 e. The van der Waals surface area contributed by atoms with E-state index in [-0.39, 0.29) is 5.91 Å². The lowest BCUT2D eigenvalue weighted by atomic mass is 10.2. The van der Waals surface area contributed by atoms with Gasteiger partial charge in [-0.15, -0.1) is 0 Å². The van der Waals surface area contributed by atoms with Gasteiger partial charge in [0.1, 0.15) is 0 Å². The average molecular weight is 395 g/mol. The summed E-state index contributed by atoms with van der Waals surface area (Å²) in [5, 5.41) is 13.3. The van der Waals surface area contributed by atoms with Crippen molar-refractivity contribution < 1.29 is 9.90 Å². The predicted octanol–water partition coefficient (Wildman–Crippen LogP) is 1.86. The molecule has 0 saturated carbocycles. The monoisotopic (exact) mass is 394 g/mol. The van der Waals surface area contributed by atoms with Crippen LogP contribution in [0, 0.1) is 0 Å². The number of rotatable bonds is 6. The SMILES string of the molecule is CN(C)C(=O)CN1CCN(C[C@H](O)Cn2c3ccccc3c3ccccc32)CC1. The molecular weight excluding hydrogens is 364 g/mol. The molecule has 1 aliphatic heterocycles. The van der Waals surface area contributed by atoms with Crippen LogP contribution in [0.2, 0.25) is 0 Å². The van der Waals surface area contributed by atoms with Gasteiger partial charge in [0.2, 0.25) is 5.91 Å². The molecule has 6 heteroatoms. The van der Waals surface area contributed by atoms with Gasteiger partial charge in [0.25, 0.3) is 0 Å². The summed E-state index contributed by atoms with van der Waals surface area (Å²) in [7, 11) is 3.59. The zero-order valence-corrected chi connectivity index (χ0v) is 17.3. The smallest absolute Gasteiger partial charge is 0.236 e. The minimum atomic E-state index is -0.441. The maximum absolute atomic E-state index is 11.9. The van der Waals surface area contributed by atoms with E-state index in [0.29, 0.717) is 19.6 Å². The molecule has 2 aromatic carbocycles. The first-order valence-electron chi connectivity index (χ1n) is 10.3. The maximum atomic E-state index is 11.9. The van der Waals surface area contributed by atoms with Crippen LogP contribution in [-0.2, 0) is 11.3 Å². The van der Waals surface area contributed by atoms with Crippen molar-refractivity contribution in [3.63, 3.8) is 0 Å². The van der Waals surface area contributed by atoms with Gasteiger partial charge in [-0.05, 0) is 12.1 Å². The molecule has 0 aliphatic carbocycles. The summed E-state index contributed by atoms with van der Waals surface area (Å²) in [5.41, 5.74) is 2.33. The van der Waals surface area contributed by atoms with Gasteiger partial charge in [-0.25, -0.2) is 0 Å². The molecule has 1 N–H and O–H groups in total. The van der Waals surface area contributed by atoms with Gasteiger partial charge < -0.3 is 14.6 Å². The number of piperazine rings is 1. The molecule has 1 atom stereocenters. The number of benzene rings is 2. The van der Waals surface area contributed by atoms with Crippen LogP contribution in [0.5, 0.6) is 0 Å². The zero-order chi connectivity index (χ0) is 20.4. The molecule has 0 unspecified atom stereocenters. The molecule has 2 heterocycles. The van der Waals surface area contributed by atoms with Gasteiger partial charge in [0.15, 0.2) is 0 Å². The normalized spacial score (nSPS) is 17.1. The van der Waals surface area contributed by atoms with Crippen LogP contribution >= 0.6 is 0 Å². The molecule has 1 aliphatic rings. The fourth-order valence-electron chi connectivity index (χ4n) is 4.23. The van der Waals surface area contributed by atoms with E-state index in [1.165, 1.54) is 21.8 Å². The van der Waals surface area contributed by atoms with Crippen LogP contribution in [0.4, 0.5) is 0 Å². The van der Waals surface area contributed by atoms with Crippen molar-refractivity contribution in [2.24, 2.45) is 0 Å². The van der Waals surface area contributed by atoms with Crippen molar-refractivity contribution in [1.29, 1.82) is 0 Å². The molecular formula is C23H30N4O2. The molecule has 4 rings (SSSR count). The second-order valence-corrected chi connectivity index (χ2v) is 8.16. The highest BCUT2D eigenvalue weighted by molar-refractivity contribution is 6.07. The first-order valence-corrected chi connectivity index (χ1v) is 10.3. The molecule has 1 amide bonds. The lowest BCUT2D eigenvalue weighted by Gasteiger charge is -2.35. The number of aliphatic hydroxyl groups excluding tert-OH is 1. The highest BCUT2D eigenvalue weighted by Crippen LogP contribution is 2.28. The third-order valence-corrected chi connectivity index (χ3v) is 5.86. The van der Waals surface area contributed by atoms with Crippen molar-refractivity contribution in [2.75, 3.05) is 53.4 Å². The van der Waals surface area contributed by atoms with Gasteiger partial charge in [-0.3, -0.25) is 14.6 Å². The summed E-state index contributed by atoms with van der Waals surface area (Å²) in [5.74, 6) is 0.143. The number of hydrogen-bond acceptors (Lipinski definition) is 4. The molecule has 0 bridgehead atoms. The lowest BCUT2D eigenvalue weighted by Crippen LogP contribution is -2.51. The highest BCUT2D eigenvalue weighted by atomic mass is 16.3. The third kappa shape index (κ3) is 4.29. The standard InChI is InChI=1S/C23H30N4O2/c1-24(2)23(29)17-26-13-11-25(12-14-26)15-18(28)16-27-21-9-5-3-7-19(21)20-8-4-6-10-22(20)27/h3-10,18,28H,11-17H2,1-2H3/t18-/m0/s1. The Kier molecular flexibility index (Phi) is 5.85. The molecule has 1 fully saturated rings. The number of hydrogen-bond donors (Lipinski definition) is 1. The van der Waals surface area contributed by atoms with Crippen molar-refractivity contribution >= 4 is 27.7 Å². The number of carbonyl (C=O) groups is 1. The Labute approximate surface area is 171 Å². The Morgan fingerprint density at radius 2 is 1.41 bits per heavy atom. The molecule has 3 aromatic rings. The van der Waals surface area contributed by atoms with E-state index in [9.17, 15) is 9.90 Å². The fraction of sp³-hybridized carbons (Fsp3) is 0.435. The van der Waals surface area contributed by atoms with Crippen LogP contribution < -0.4 is 0 Å². The summed E-state index contributed by atoms with van der Waals surface area (Å²) in [6.07, 6.45) is -0.441. The van der Waals surface area contributed by atoms with E-state index in [1.54, 1.807) is 19.0 Å². The number of β-amino-alcohol motifs (C(OH)–C–C–N with tert-alkyl or cyclic N) is 1. The summed E-state index contributed by atoms with van der Waals surface area (Å²) in [4.78, 5) is 18.0. The number of amides is 1. The van der Waals surface area contributed by atoms with E-state index in [0.717, 1.165) is 26.2 Å². The molecule has 1 saturated heterocycles. The number of para-hydroxylation sites is 2. The predicted molar refractivity (Wildman–Crippen MR) is 117 cm³/mol. The summed E-state index contributed by atoms with van der Waals surface area (Å²) >= 11 is 0. The number of carbonyl (C=O) groups excluding carboxylic acids is 1. The minimum absolute atomic E-state index is 0.143. The number of nitrogens with zero attached hydrogens (tertiary/aromatic N) is 4. The van der Waals surface area contributed by atoms with Crippen LogP contribution in [0.1, 0.15) is 0 Å². The van der Waals surface area contributed by atoms with Gasteiger partial charge in [0.05, 0.1) is 19.2 Å². The summed E-state index contributed by atoms with van der Waals surface area (Å²) in [6, 6.07) is 16.8. The third-order valence-electron chi connectivity index (χ3n) is 5.86. The zero-order valence-electron chi connectivity index (χ0n) is 17.3. The van der Waals surface area contributed by atoms with E-state index in [2.05, 4.69) is 62.9 Å². The average Bonchev–Trinajstić information content (AvgIpc) is 3.03. The van der Waals surface area contributed by atoms with Crippen molar-refractivity contribution in [2.45, 2.75) is 12.6 Å². The van der Waals surface area contributed by atoms with Gasteiger partial charge in [-0.1, -0.05) is 36.4 Å². The van der Waals surface area contributed by atoms with Crippen LogP contribution in [0.15, 0.2) is 48.5 Å². The Hall–Kier alpha value is -2.41. The summed E-state index contributed by atoms with van der Waals surface area (Å²) in [6.45, 7) is 5.19. The lowest BCUT2D eigenvalue weighted by molar-refractivity contribution is -0.130. The maximum Gasteiger partial charge on any atom is 0.236 e. The topological polar surface area (TPSA) is 52.0 Å². The molecule has 0 radical (unpaired) electrons. The Morgan fingerprint density at radius 3 is 1.97 bits per heavy atom. The quantitative estimate of drug-likeness (QED) is 0.693. The molecule has 29 heavy (non-hydrogen) atoms. The second kappa shape index (κ2) is 8.53.